The SMILES string of the molecule is O=C(O)N1CCCC(Nc2nc(-c3c[nH]c4ncc(Cl)cc34)ncc2F)C1. The smallest absolute Gasteiger partial charge is 0.407 e. The third-order valence-corrected chi connectivity index (χ3v) is 4.72. The van der Waals surface area contributed by atoms with Gasteiger partial charge in [0.1, 0.15) is 5.65 Å². The number of anilines is 1. The van der Waals surface area contributed by atoms with E-state index in [1.165, 1.54) is 11.1 Å². The Hall–Kier alpha value is -2.94. The van der Waals surface area contributed by atoms with Crippen molar-refractivity contribution in [1.82, 2.24) is 24.8 Å². The van der Waals surface area contributed by atoms with Crippen LogP contribution in [0.4, 0.5) is 15.0 Å². The van der Waals surface area contributed by atoms with Gasteiger partial charge in [0.25, 0.3) is 0 Å². The van der Waals surface area contributed by atoms with Crippen LogP contribution in [0, 0.1) is 5.82 Å². The van der Waals surface area contributed by atoms with E-state index in [0.29, 0.717) is 35.0 Å². The number of piperidine rings is 1. The number of likely N-dealkylation sites (tertiary alicyclic amines) is 1. The molecule has 27 heavy (non-hydrogen) atoms. The molecule has 8 nitrogen and oxygen atoms in total. The van der Waals surface area contributed by atoms with Gasteiger partial charge in [0.2, 0.25) is 0 Å². The van der Waals surface area contributed by atoms with Gasteiger partial charge in [-0.15, -0.1) is 0 Å². The number of carbonyl (C=O) groups is 1. The molecule has 1 aliphatic rings. The Morgan fingerprint density at radius 3 is 3.07 bits per heavy atom. The molecule has 1 amide bonds. The standard InChI is InChI=1S/C17H16ClFN6O2/c18-9-4-11-12(6-21-14(11)20-5-9)15-22-7-13(19)16(24-15)23-10-2-1-3-25(8-10)17(26)27/h4-7,10H,1-3,8H2,(H,20,21)(H,26,27)(H,22,23,24). The molecule has 0 spiro atoms. The van der Waals surface area contributed by atoms with E-state index in [-0.39, 0.29) is 18.4 Å². The summed E-state index contributed by atoms with van der Waals surface area (Å²) in [6, 6.07) is 1.52. The van der Waals surface area contributed by atoms with Gasteiger partial charge >= 0.3 is 6.09 Å². The molecule has 1 atom stereocenters. The number of nitrogens with one attached hydrogen (secondary N) is 2. The largest absolute Gasteiger partial charge is 0.465 e. The minimum Gasteiger partial charge on any atom is -0.465 e. The van der Waals surface area contributed by atoms with E-state index in [1.54, 1.807) is 12.3 Å². The third-order valence-electron chi connectivity index (χ3n) is 4.52. The zero-order valence-electron chi connectivity index (χ0n) is 14.1. The van der Waals surface area contributed by atoms with Crippen molar-refractivity contribution in [2.75, 3.05) is 18.4 Å². The summed E-state index contributed by atoms with van der Waals surface area (Å²) in [5.74, 6) is -0.233. The molecule has 0 aliphatic carbocycles. The monoisotopic (exact) mass is 390 g/mol. The molecule has 1 unspecified atom stereocenters. The summed E-state index contributed by atoms with van der Waals surface area (Å²) < 4.78 is 14.2. The summed E-state index contributed by atoms with van der Waals surface area (Å²) in [4.78, 5) is 28.1. The normalized spacial score (nSPS) is 17.3. The fourth-order valence-electron chi connectivity index (χ4n) is 3.22. The van der Waals surface area contributed by atoms with Crippen LogP contribution in [0.15, 0.2) is 24.7 Å². The topological polar surface area (TPSA) is 107 Å². The van der Waals surface area contributed by atoms with Crippen LogP contribution in [0.1, 0.15) is 12.8 Å². The van der Waals surface area contributed by atoms with Gasteiger partial charge in [0, 0.05) is 42.5 Å². The second-order valence-electron chi connectivity index (χ2n) is 6.35. The fraction of sp³-hybridized carbons (Fsp3) is 0.294. The number of rotatable bonds is 3. The molecule has 140 valence electrons. The summed E-state index contributed by atoms with van der Waals surface area (Å²) >= 11 is 6.02. The molecule has 0 saturated carbocycles. The van der Waals surface area contributed by atoms with E-state index in [0.717, 1.165) is 18.0 Å². The lowest BCUT2D eigenvalue weighted by Gasteiger charge is -2.31. The predicted octanol–water partition coefficient (Wildman–Crippen LogP) is 3.37. The van der Waals surface area contributed by atoms with Gasteiger partial charge in [-0.2, -0.15) is 0 Å². The molecule has 3 N–H and O–H groups in total. The molecule has 1 saturated heterocycles. The molecule has 1 aliphatic heterocycles. The second-order valence-corrected chi connectivity index (χ2v) is 6.79. The van der Waals surface area contributed by atoms with Crippen LogP contribution in [-0.2, 0) is 0 Å². The molecule has 3 aromatic heterocycles. The first-order chi connectivity index (χ1) is 13.0. The molecule has 0 radical (unpaired) electrons. The van der Waals surface area contributed by atoms with Crippen LogP contribution in [0.5, 0.6) is 0 Å². The number of aromatic nitrogens is 4. The second kappa shape index (κ2) is 6.99. The van der Waals surface area contributed by atoms with Crippen molar-refractivity contribution in [3.05, 3.63) is 35.5 Å². The first-order valence-corrected chi connectivity index (χ1v) is 8.79. The third kappa shape index (κ3) is 3.50. The van der Waals surface area contributed by atoms with Gasteiger partial charge < -0.3 is 20.3 Å². The highest BCUT2D eigenvalue weighted by Crippen LogP contribution is 2.28. The van der Waals surface area contributed by atoms with Gasteiger partial charge in [-0.05, 0) is 18.9 Å². The first kappa shape index (κ1) is 17.5. The van der Waals surface area contributed by atoms with Gasteiger partial charge in [-0.25, -0.2) is 24.1 Å². The number of H-pyrrole nitrogens is 1. The Kier molecular flexibility index (Phi) is 4.53. The highest BCUT2D eigenvalue weighted by Gasteiger charge is 2.24. The maximum Gasteiger partial charge on any atom is 0.407 e. The van der Waals surface area contributed by atoms with Gasteiger partial charge in [0.15, 0.2) is 17.5 Å². The van der Waals surface area contributed by atoms with E-state index in [9.17, 15) is 9.18 Å². The predicted molar refractivity (Wildman–Crippen MR) is 98.3 cm³/mol. The van der Waals surface area contributed by atoms with E-state index in [4.69, 9.17) is 16.7 Å². The van der Waals surface area contributed by atoms with E-state index in [2.05, 4.69) is 25.3 Å². The molecular weight excluding hydrogens is 375 g/mol. The van der Waals surface area contributed by atoms with Crippen LogP contribution in [0.3, 0.4) is 0 Å². The number of fused-ring (bicyclic) bond motifs is 1. The number of halogens is 2. The summed E-state index contributed by atoms with van der Waals surface area (Å²) in [5.41, 5.74) is 1.28. The Labute approximate surface area is 158 Å². The maximum atomic E-state index is 14.2. The average molecular weight is 391 g/mol. The zero-order valence-corrected chi connectivity index (χ0v) is 14.9. The zero-order chi connectivity index (χ0) is 19.0. The molecular formula is C17H16ClFN6O2. The lowest BCUT2D eigenvalue weighted by molar-refractivity contribution is 0.132. The number of hydrogen-bond donors (Lipinski definition) is 3. The minimum atomic E-state index is -0.978. The Bertz CT molecular complexity index is 1010. The summed E-state index contributed by atoms with van der Waals surface area (Å²) in [5, 5.41) is 13.4. The molecule has 0 aromatic carbocycles. The minimum absolute atomic E-state index is 0.0431. The number of carboxylic acid groups (broad SMARTS) is 1. The number of pyridine rings is 1. The maximum absolute atomic E-state index is 14.2. The van der Waals surface area contributed by atoms with E-state index < -0.39 is 11.9 Å². The van der Waals surface area contributed by atoms with Crippen LogP contribution in [0.25, 0.3) is 22.4 Å². The molecule has 0 bridgehead atoms. The van der Waals surface area contributed by atoms with Gasteiger partial charge in [0.05, 0.1) is 11.2 Å². The lowest BCUT2D eigenvalue weighted by Crippen LogP contribution is -2.44. The van der Waals surface area contributed by atoms with Crippen molar-refractivity contribution in [2.45, 2.75) is 18.9 Å². The van der Waals surface area contributed by atoms with Crippen molar-refractivity contribution < 1.29 is 14.3 Å². The van der Waals surface area contributed by atoms with Crippen molar-refractivity contribution >= 4 is 34.5 Å². The fourth-order valence-corrected chi connectivity index (χ4v) is 3.38. The Morgan fingerprint density at radius 2 is 2.26 bits per heavy atom. The summed E-state index contributed by atoms with van der Waals surface area (Å²) in [6.45, 7) is 0.759. The van der Waals surface area contributed by atoms with Crippen LogP contribution < -0.4 is 5.32 Å². The van der Waals surface area contributed by atoms with Crippen LogP contribution in [-0.4, -0.2) is 55.2 Å². The number of nitrogens with zero attached hydrogens (tertiary/aromatic N) is 4. The van der Waals surface area contributed by atoms with Crippen LogP contribution in [0.2, 0.25) is 5.02 Å². The molecule has 4 rings (SSSR count). The average Bonchev–Trinajstić information content (AvgIpc) is 3.07. The quantitative estimate of drug-likeness (QED) is 0.633. The summed E-state index contributed by atoms with van der Waals surface area (Å²) in [7, 11) is 0. The molecule has 1 fully saturated rings. The molecule has 4 heterocycles. The van der Waals surface area contributed by atoms with Crippen molar-refractivity contribution in [2.24, 2.45) is 0 Å². The first-order valence-electron chi connectivity index (χ1n) is 8.41. The van der Waals surface area contributed by atoms with Crippen molar-refractivity contribution in [3.63, 3.8) is 0 Å². The van der Waals surface area contributed by atoms with Crippen molar-refractivity contribution in [1.29, 1.82) is 0 Å². The van der Waals surface area contributed by atoms with E-state index in [1.807, 2.05) is 0 Å². The van der Waals surface area contributed by atoms with Gasteiger partial charge in [-0.1, -0.05) is 11.6 Å². The summed E-state index contributed by atoms with van der Waals surface area (Å²) in [6.07, 6.45) is 4.77. The Balaban J connectivity index is 1.63. The van der Waals surface area contributed by atoms with Crippen molar-refractivity contribution in [3.8, 4) is 11.4 Å². The van der Waals surface area contributed by atoms with Gasteiger partial charge in [-0.3, -0.25) is 0 Å². The molecule has 3 aromatic rings. The number of aromatic amines is 1. The highest BCUT2D eigenvalue weighted by molar-refractivity contribution is 6.31. The van der Waals surface area contributed by atoms with Crippen LogP contribution >= 0.6 is 11.6 Å². The number of hydrogen-bond acceptors (Lipinski definition) is 5. The lowest BCUT2D eigenvalue weighted by atomic mass is 10.1. The van der Waals surface area contributed by atoms with E-state index >= 15 is 0 Å². The highest BCUT2D eigenvalue weighted by atomic mass is 35.5. The Morgan fingerprint density at radius 1 is 1.41 bits per heavy atom. The number of amides is 1. The molecule has 10 heteroatoms.